The maximum atomic E-state index is 12.8. The van der Waals surface area contributed by atoms with Crippen LogP contribution in [0.5, 0.6) is 0 Å². The second-order valence-corrected chi connectivity index (χ2v) is 9.65. The van der Waals surface area contributed by atoms with Crippen molar-refractivity contribution in [2.24, 2.45) is 11.8 Å². The van der Waals surface area contributed by atoms with Gasteiger partial charge in [0, 0.05) is 31.7 Å². The van der Waals surface area contributed by atoms with Crippen LogP contribution in [0.3, 0.4) is 0 Å². The highest BCUT2D eigenvalue weighted by atomic mass is 32.1. The average Bonchev–Trinajstić information content (AvgIpc) is 3.23. The lowest BCUT2D eigenvalue weighted by molar-refractivity contribution is -0.137. The molecule has 2 fully saturated rings. The molecule has 1 amide bonds. The highest BCUT2D eigenvalue weighted by molar-refractivity contribution is 7.18. The third-order valence-electron chi connectivity index (χ3n) is 5.85. The predicted molar refractivity (Wildman–Crippen MR) is 123 cm³/mol. The Morgan fingerprint density at radius 1 is 1.10 bits per heavy atom. The van der Waals surface area contributed by atoms with Crippen LogP contribution in [0, 0.1) is 11.8 Å². The molecule has 1 aromatic carbocycles. The molecule has 2 saturated heterocycles. The van der Waals surface area contributed by atoms with Gasteiger partial charge in [0.1, 0.15) is 4.88 Å². The summed E-state index contributed by atoms with van der Waals surface area (Å²) in [4.78, 5) is 30.0. The highest BCUT2D eigenvalue weighted by Gasteiger charge is 2.27. The van der Waals surface area contributed by atoms with E-state index < -0.39 is 5.97 Å². The van der Waals surface area contributed by atoms with Crippen molar-refractivity contribution in [2.45, 2.75) is 20.3 Å². The normalized spacial score (nSPS) is 21.7. The fourth-order valence-corrected chi connectivity index (χ4v) is 5.59. The molecular formula is C24H30N2O4S. The molecule has 0 saturated carbocycles. The summed E-state index contributed by atoms with van der Waals surface area (Å²) >= 11 is 1.43. The first-order chi connectivity index (χ1) is 15.0. The van der Waals surface area contributed by atoms with Gasteiger partial charge in [0.25, 0.3) is 5.91 Å². The summed E-state index contributed by atoms with van der Waals surface area (Å²) in [6, 6.07) is 11.9. The van der Waals surface area contributed by atoms with Crippen molar-refractivity contribution < 1.29 is 19.1 Å². The minimum atomic E-state index is -0.437. The van der Waals surface area contributed by atoms with Gasteiger partial charge in [-0.05, 0) is 29.9 Å². The summed E-state index contributed by atoms with van der Waals surface area (Å²) in [5.41, 5.74) is 2.08. The van der Waals surface area contributed by atoms with Gasteiger partial charge in [-0.15, -0.1) is 11.3 Å². The van der Waals surface area contributed by atoms with E-state index in [0.717, 1.165) is 48.7 Å². The highest BCUT2D eigenvalue weighted by Crippen LogP contribution is 2.39. The van der Waals surface area contributed by atoms with E-state index in [2.05, 4.69) is 18.7 Å². The van der Waals surface area contributed by atoms with E-state index in [0.29, 0.717) is 29.9 Å². The lowest BCUT2D eigenvalue weighted by Crippen LogP contribution is -2.44. The van der Waals surface area contributed by atoms with Gasteiger partial charge in [0.2, 0.25) is 0 Å². The second-order valence-electron chi connectivity index (χ2n) is 8.62. The molecule has 1 aromatic heterocycles. The van der Waals surface area contributed by atoms with Crippen LogP contribution in [0.4, 0.5) is 5.00 Å². The maximum absolute atomic E-state index is 12.8. The molecule has 0 aliphatic carbocycles. The first kappa shape index (κ1) is 21.8. The monoisotopic (exact) mass is 442 g/mol. The number of anilines is 1. The summed E-state index contributed by atoms with van der Waals surface area (Å²) < 4.78 is 10.9. The number of benzene rings is 1. The van der Waals surface area contributed by atoms with E-state index in [1.165, 1.54) is 11.3 Å². The Morgan fingerprint density at radius 2 is 1.77 bits per heavy atom. The number of morpholine rings is 1. The Labute approximate surface area is 187 Å². The van der Waals surface area contributed by atoms with E-state index in [4.69, 9.17) is 9.47 Å². The van der Waals surface area contributed by atoms with Gasteiger partial charge in [0.05, 0.1) is 18.2 Å². The molecule has 7 heteroatoms. The average molecular weight is 443 g/mol. The quantitative estimate of drug-likeness (QED) is 0.657. The molecular weight excluding hydrogens is 412 g/mol. The molecule has 2 aliphatic rings. The zero-order valence-electron chi connectivity index (χ0n) is 18.2. The SMILES string of the molecule is CC1CC(C)CN(C(=O)COC(=O)c2cc(-c3ccccc3)c(N3CCOCC3)s2)C1. The van der Waals surface area contributed by atoms with Gasteiger partial charge in [-0.2, -0.15) is 0 Å². The molecule has 166 valence electrons. The molecule has 4 rings (SSSR count). The van der Waals surface area contributed by atoms with E-state index in [1.54, 1.807) is 0 Å². The van der Waals surface area contributed by atoms with Crippen LogP contribution in [0.25, 0.3) is 11.1 Å². The fraction of sp³-hybridized carbons (Fsp3) is 0.500. The molecule has 2 atom stereocenters. The number of likely N-dealkylation sites (tertiary alicyclic amines) is 1. The lowest BCUT2D eigenvalue weighted by Gasteiger charge is -2.34. The zero-order chi connectivity index (χ0) is 21.8. The Balaban J connectivity index is 1.47. The number of amides is 1. The molecule has 31 heavy (non-hydrogen) atoms. The third kappa shape index (κ3) is 5.28. The number of carbonyl (C=O) groups is 2. The van der Waals surface area contributed by atoms with Gasteiger partial charge in [-0.25, -0.2) is 4.79 Å². The van der Waals surface area contributed by atoms with Crippen molar-refractivity contribution in [2.75, 3.05) is 50.9 Å². The van der Waals surface area contributed by atoms with Gasteiger partial charge >= 0.3 is 5.97 Å². The van der Waals surface area contributed by atoms with Gasteiger partial charge in [-0.3, -0.25) is 4.79 Å². The first-order valence-corrected chi connectivity index (χ1v) is 11.8. The minimum absolute atomic E-state index is 0.111. The van der Waals surface area contributed by atoms with Crippen LogP contribution in [0.1, 0.15) is 29.9 Å². The number of piperidine rings is 1. The van der Waals surface area contributed by atoms with Crippen molar-refractivity contribution in [3.05, 3.63) is 41.3 Å². The number of hydrogen-bond donors (Lipinski definition) is 0. The number of ether oxygens (including phenoxy) is 2. The molecule has 0 radical (unpaired) electrons. The van der Waals surface area contributed by atoms with Crippen molar-refractivity contribution in [3.8, 4) is 11.1 Å². The number of carbonyl (C=O) groups excluding carboxylic acids is 2. The smallest absolute Gasteiger partial charge is 0.348 e. The van der Waals surface area contributed by atoms with Crippen LogP contribution >= 0.6 is 11.3 Å². The lowest BCUT2D eigenvalue weighted by atomic mass is 9.92. The molecule has 2 aromatic rings. The van der Waals surface area contributed by atoms with Crippen LogP contribution in [0.2, 0.25) is 0 Å². The number of hydrogen-bond acceptors (Lipinski definition) is 6. The molecule has 0 bridgehead atoms. The van der Waals surface area contributed by atoms with Crippen LogP contribution in [-0.4, -0.2) is 62.8 Å². The Bertz CT molecular complexity index is 898. The Hall–Kier alpha value is -2.38. The largest absolute Gasteiger partial charge is 0.451 e. The summed E-state index contributed by atoms with van der Waals surface area (Å²) in [6.45, 7) is 8.51. The summed E-state index contributed by atoms with van der Waals surface area (Å²) in [5.74, 6) is 0.406. The van der Waals surface area contributed by atoms with Crippen LogP contribution in [-0.2, 0) is 14.3 Å². The van der Waals surface area contributed by atoms with Crippen molar-refractivity contribution in [1.29, 1.82) is 0 Å². The summed E-state index contributed by atoms with van der Waals surface area (Å²) in [5, 5.41) is 1.05. The van der Waals surface area contributed by atoms with Gasteiger partial charge in [0.15, 0.2) is 6.61 Å². The number of esters is 1. The maximum Gasteiger partial charge on any atom is 0.348 e. The zero-order valence-corrected chi connectivity index (χ0v) is 19.0. The van der Waals surface area contributed by atoms with Crippen LogP contribution < -0.4 is 4.90 Å². The van der Waals surface area contributed by atoms with Gasteiger partial charge < -0.3 is 19.3 Å². The van der Waals surface area contributed by atoms with E-state index in [1.807, 2.05) is 41.3 Å². The first-order valence-electron chi connectivity index (χ1n) is 11.0. The third-order valence-corrected chi connectivity index (χ3v) is 7.02. The molecule has 0 N–H and O–H groups in total. The number of rotatable bonds is 5. The van der Waals surface area contributed by atoms with E-state index in [-0.39, 0.29) is 12.5 Å². The molecule has 0 spiro atoms. The van der Waals surface area contributed by atoms with E-state index >= 15 is 0 Å². The van der Waals surface area contributed by atoms with Crippen molar-refractivity contribution in [1.82, 2.24) is 4.90 Å². The van der Waals surface area contributed by atoms with E-state index in [9.17, 15) is 9.59 Å². The Morgan fingerprint density at radius 3 is 2.45 bits per heavy atom. The Kier molecular flexibility index (Phi) is 6.92. The fourth-order valence-electron chi connectivity index (χ4n) is 4.46. The van der Waals surface area contributed by atoms with Crippen LogP contribution in [0.15, 0.2) is 36.4 Å². The van der Waals surface area contributed by atoms with Gasteiger partial charge in [-0.1, -0.05) is 44.2 Å². The topological polar surface area (TPSA) is 59.1 Å². The van der Waals surface area contributed by atoms with Crippen molar-refractivity contribution in [3.63, 3.8) is 0 Å². The minimum Gasteiger partial charge on any atom is -0.451 e. The van der Waals surface area contributed by atoms with Crippen molar-refractivity contribution >= 4 is 28.2 Å². The molecule has 3 heterocycles. The summed E-state index contributed by atoms with van der Waals surface area (Å²) in [7, 11) is 0. The number of thiophene rings is 1. The molecule has 6 nitrogen and oxygen atoms in total. The molecule has 2 unspecified atom stereocenters. The summed E-state index contributed by atoms with van der Waals surface area (Å²) in [6.07, 6.45) is 1.13. The predicted octanol–water partition coefficient (Wildman–Crippen LogP) is 3.91. The second kappa shape index (κ2) is 9.83. The molecule has 2 aliphatic heterocycles. The standard InChI is InChI=1S/C24H30N2O4S/c1-17-12-18(2)15-26(14-17)22(27)16-30-24(28)21-13-20(19-6-4-3-5-7-19)23(31-21)25-8-10-29-11-9-25/h3-7,13,17-18H,8-12,14-16H2,1-2H3. The number of nitrogens with zero attached hydrogens (tertiary/aromatic N) is 2.